The quantitative estimate of drug-likeness (QED) is 0.0519. The van der Waals surface area contributed by atoms with Gasteiger partial charge in [0, 0.05) is 16.2 Å². The van der Waals surface area contributed by atoms with Crippen LogP contribution < -0.4 is 0 Å². The predicted octanol–water partition coefficient (Wildman–Crippen LogP) is -3.90. The SMILES string of the molecule is CC1OC(OC2CCC3(C)C(CCC4(C)C3C=CC3=C5CC(C)(C(=O)OCC6OC(OCC(O)C(O)C(O)CO)C(O)C(O)C6O)CCC5(CO)C(O)CC34C)C2(C)CO)C(O)C(OC2OC(CO)C(O)C(O)C2O)C1O. The Morgan fingerprint density at radius 3 is 1.97 bits per heavy atom. The maximum Gasteiger partial charge on any atom is 0.312 e. The lowest BCUT2D eigenvalue weighted by Gasteiger charge is -2.70. The lowest BCUT2D eigenvalue weighted by molar-refractivity contribution is -0.367. The number of esters is 1. The first-order valence-corrected chi connectivity index (χ1v) is 27.2. The molecule has 5 aliphatic carbocycles. The number of aliphatic hydroxyl groups excluding tert-OH is 16. The number of carbonyl (C=O) groups excluding carboxylic acids is 1. The van der Waals surface area contributed by atoms with Crippen molar-refractivity contribution in [3.8, 4) is 0 Å². The van der Waals surface area contributed by atoms with Crippen LogP contribution in [0.1, 0.15) is 92.9 Å². The van der Waals surface area contributed by atoms with Crippen molar-refractivity contribution in [3.05, 3.63) is 23.3 Å². The molecule has 3 saturated heterocycles. The lowest BCUT2D eigenvalue weighted by Crippen LogP contribution is -2.67. The van der Waals surface area contributed by atoms with Crippen molar-refractivity contribution in [2.75, 3.05) is 39.6 Å². The van der Waals surface area contributed by atoms with Crippen LogP contribution in [0.2, 0.25) is 0 Å². The molecule has 16 N–H and O–H groups in total. The third-order valence-electron chi connectivity index (χ3n) is 20.6. The van der Waals surface area contributed by atoms with E-state index in [-0.39, 0.29) is 44.3 Å². The Balaban J connectivity index is 1.000. The van der Waals surface area contributed by atoms with Gasteiger partial charge >= 0.3 is 5.97 Å². The standard InChI is InChI=1S/C53H86O24/c1-23-34(61)43(77-45-41(68)38(65)36(63)28(18-55)74-45)42(69)46(73-23)76-33-10-11-49(3)30(50(33,4)21-56)9-12-51(5)31(49)8-7-24-25-15-48(2,13-14-53(25,22-57)32(60)16-52(24,51)6)47(70)72-20-29-37(64)39(66)40(67)44(75-29)71-19-27(59)35(62)26(58)17-54/h7-8,23,26-46,54-69H,9-22H2,1-6H3. The summed E-state index contributed by atoms with van der Waals surface area (Å²) in [5.41, 5.74) is -3.22. The van der Waals surface area contributed by atoms with E-state index >= 15 is 0 Å². The van der Waals surface area contributed by atoms with Gasteiger partial charge in [-0.25, -0.2) is 0 Å². The second-order valence-corrected chi connectivity index (χ2v) is 24.9. The molecule has 0 spiro atoms. The zero-order chi connectivity index (χ0) is 56.7. The third kappa shape index (κ3) is 10.1. The van der Waals surface area contributed by atoms with Gasteiger partial charge in [0.25, 0.3) is 0 Å². The average Bonchev–Trinajstić information content (AvgIpc) is 3.53. The van der Waals surface area contributed by atoms with E-state index in [1.165, 1.54) is 0 Å². The van der Waals surface area contributed by atoms with Crippen molar-refractivity contribution in [3.63, 3.8) is 0 Å². The van der Waals surface area contributed by atoms with Crippen LogP contribution in [0, 0.1) is 44.3 Å². The summed E-state index contributed by atoms with van der Waals surface area (Å²) in [6, 6.07) is 0. The van der Waals surface area contributed by atoms with Crippen LogP contribution in [0.15, 0.2) is 23.3 Å². The Kier molecular flexibility index (Phi) is 18.0. The van der Waals surface area contributed by atoms with Crippen molar-refractivity contribution >= 4 is 5.97 Å². The van der Waals surface area contributed by atoms with E-state index in [1.54, 1.807) is 13.8 Å². The number of carbonyl (C=O) groups is 1. The topological polar surface area (TPSA) is 405 Å². The lowest BCUT2D eigenvalue weighted by atomic mass is 9.35. The molecule has 0 aromatic heterocycles. The Bertz CT molecular complexity index is 2130. The number of ether oxygens (including phenoxy) is 7. The number of aliphatic hydroxyl groups is 16. The molecular weight excluding hydrogens is 1020 g/mol. The van der Waals surface area contributed by atoms with Crippen LogP contribution in [-0.4, -0.2) is 250 Å². The zero-order valence-electron chi connectivity index (χ0n) is 44.7. The Hall–Kier alpha value is -1.93. The van der Waals surface area contributed by atoms with Gasteiger partial charge in [0.15, 0.2) is 18.9 Å². The van der Waals surface area contributed by atoms with Crippen LogP contribution >= 0.6 is 0 Å². The highest BCUT2D eigenvalue weighted by Gasteiger charge is 2.69. The monoisotopic (exact) mass is 1110 g/mol. The van der Waals surface area contributed by atoms with Crippen LogP contribution in [0.3, 0.4) is 0 Å². The maximum absolute atomic E-state index is 14.3. The highest BCUT2D eigenvalue weighted by molar-refractivity contribution is 5.77. The van der Waals surface area contributed by atoms with E-state index in [1.807, 2.05) is 6.92 Å². The van der Waals surface area contributed by atoms with Crippen LogP contribution in [0.5, 0.6) is 0 Å². The summed E-state index contributed by atoms with van der Waals surface area (Å²) in [6.07, 6.45) is -23.2. The van der Waals surface area contributed by atoms with Gasteiger partial charge in [-0.3, -0.25) is 4.79 Å². The molecule has 0 aromatic carbocycles. The van der Waals surface area contributed by atoms with Crippen molar-refractivity contribution in [2.24, 2.45) is 44.3 Å². The molecule has 442 valence electrons. The average molecular weight is 1110 g/mol. The van der Waals surface area contributed by atoms with Gasteiger partial charge in [0.05, 0.1) is 56.8 Å². The summed E-state index contributed by atoms with van der Waals surface area (Å²) in [4.78, 5) is 14.3. The van der Waals surface area contributed by atoms with Crippen molar-refractivity contribution in [1.29, 1.82) is 0 Å². The van der Waals surface area contributed by atoms with Gasteiger partial charge in [-0.15, -0.1) is 0 Å². The molecular formula is C53H86O24. The molecule has 0 bridgehead atoms. The van der Waals surface area contributed by atoms with Crippen LogP contribution in [0.25, 0.3) is 0 Å². The van der Waals surface area contributed by atoms with Gasteiger partial charge in [0.1, 0.15) is 92.1 Å². The fourth-order valence-corrected chi connectivity index (χ4v) is 15.2. The number of rotatable bonds is 16. The number of allylic oxidation sites excluding steroid dienone is 3. The number of hydrogen-bond donors (Lipinski definition) is 16. The molecule has 28 atom stereocenters. The largest absolute Gasteiger partial charge is 0.462 e. The molecule has 0 amide bonds. The summed E-state index contributed by atoms with van der Waals surface area (Å²) in [7, 11) is 0. The van der Waals surface area contributed by atoms with Crippen molar-refractivity contribution < 1.29 is 120 Å². The molecule has 24 nitrogen and oxygen atoms in total. The highest BCUT2D eigenvalue weighted by atomic mass is 16.7. The zero-order valence-corrected chi connectivity index (χ0v) is 44.7. The first-order valence-electron chi connectivity index (χ1n) is 27.2. The minimum atomic E-state index is -1.84. The summed E-state index contributed by atoms with van der Waals surface area (Å²) in [5, 5.41) is 170. The normalized spacial score (nSPS) is 51.1. The van der Waals surface area contributed by atoms with E-state index < -0.39 is 188 Å². The minimum Gasteiger partial charge on any atom is -0.462 e. The van der Waals surface area contributed by atoms with Crippen molar-refractivity contribution in [2.45, 2.75) is 216 Å². The Morgan fingerprint density at radius 1 is 0.701 bits per heavy atom. The molecule has 0 radical (unpaired) electrons. The molecule has 3 heterocycles. The second-order valence-electron chi connectivity index (χ2n) is 24.9. The van der Waals surface area contributed by atoms with Gasteiger partial charge in [0.2, 0.25) is 0 Å². The van der Waals surface area contributed by atoms with Crippen LogP contribution in [-0.2, 0) is 38.0 Å². The predicted molar refractivity (Wildman–Crippen MR) is 262 cm³/mol. The molecule has 8 rings (SSSR count). The Labute approximate surface area is 447 Å². The molecule has 8 aliphatic rings. The molecule has 3 aliphatic heterocycles. The van der Waals surface area contributed by atoms with E-state index in [4.69, 9.17) is 38.3 Å². The van der Waals surface area contributed by atoms with Gasteiger partial charge in [-0.2, -0.15) is 0 Å². The molecule has 28 unspecified atom stereocenters. The summed E-state index contributed by atoms with van der Waals surface area (Å²) in [5.74, 6) is -0.960. The molecule has 6 fully saturated rings. The first kappa shape index (κ1) is 61.1. The van der Waals surface area contributed by atoms with Crippen molar-refractivity contribution in [1.82, 2.24) is 0 Å². The fourth-order valence-electron chi connectivity index (χ4n) is 15.2. The molecule has 3 saturated carbocycles. The van der Waals surface area contributed by atoms with E-state index in [9.17, 15) is 81.4 Å². The molecule has 0 aromatic rings. The maximum atomic E-state index is 14.3. The van der Waals surface area contributed by atoms with E-state index in [2.05, 4.69) is 32.9 Å². The third-order valence-corrected chi connectivity index (χ3v) is 20.6. The van der Waals surface area contributed by atoms with Gasteiger partial charge < -0.3 is 115 Å². The number of hydrogen-bond acceptors (Lipinski definition) is 24. The fraction of sp³-hybridized carbons (Fsp3) is 0.906. The van der Waals surface area contributed by atoms with Gasteiger partial charge in [-0.1, -0.05) is 45.4 Å². The summed E-state index contributed by atoms with van der Waals surface area (Å²) >= 11 is 0. The van der Waals surface area contributed by atoms with E-state index in [0.29, 0.717) is 32.1 Å². The first-order chi connectivity index (χ1) is 36.1. The van der Waals surface area contributed by atoms with Crippen LogP contribution in [0.4, 0.5) is 0 Å². The van der Waals surface area contributed by atoms with E-state index in [0.717, 1.165) is 11.1 Å². The highest BCUT2D eigenvalue weighted by Crippen LogP contribution is 2.74. The minimum absolute atomic E-state index is 0.0984. The summed E-state index contributed by atoms with van der Waals surface area (Å²) in [6.45, 7) is 8.23. The summed E-state index contributed by atoms with van der Waals surface area (Å²) < 4.78 is 40.9. The molecule has 24 heteroatoms. The second kappa shape index (κ2) is 22.7. The van der Waals surface area contributed by atoms with Gasteiger partial charge in [-0.05, 0) is 93.5 Å². The smallest absolute Gasteiger partial charge is 0.312 e. The number of fused-ring (bicyclic) bond motifs is 6. The molecule has 77 heavy (non-hydrogen) atoms. The Morgan fingerprint density at radius 2 is 1.34 bits per heavy atom.